The lowest BCUT2D eigenvalue weighted by Crippen LogP contribution is -2.42. The zero-order chi connectivity index (χ0) is 16.2. The second kappa shape index (κ2) is 7.04. The van der Waals surface area contributed by atoms with Crippen molar-refractivity contribution < 1.29 is 13.2 Å². The molecule has 0 bridgehead atoms. The lowest BCUT2D eigenvalue weighted by Gasteiger charge is -2.30. The van der Waals surface area contributed by atoms with Crippen LogP contribution in [0.5, 0.6) is 0 Å². The molecule has 1 saturated heterocycles. The molecule has 1 amide bonds. The van der Waals surface area contributed by atoms with Gasteiger partial charge in [-0.05, 0) is 37.1 Å². The summed E-state index contributed by atoms with van der Waals surface area (Å²) in [5.74, 6) is -0.0881. The number of piperidine rings is 1. The Kier molecular flexibility index (Phi) is 5.33. The Balaban J connectivity index is 2.08. The van der Waals surface area contributed by atoms with E-state index in [1.54, 1.807) is 17.0 Å². The fourth-order valence-electron chi connectivity index (χ4n) is 2.31. The number of hydrogen-bond donors (Lipinski definition) is 2. The van der Waals surface area contributed by atoms with Gasteiger partial charge in [-0.15, -0.1) is 6.58 Å². The van der Waals surface area contributed by atoms with Gasteiger partial charge in [-0.3, -0.25) is 4.79 Å². The number of nitrogens with one attached hydrogen (secondary N) is 1. The normalized spacial score (nSPS) is 16.5. The molecule has 0 unspecified atom stereocenters. The topological polar surface area (TPSA) is 92.5 Å². The largest absolute Gasteiger partial charge is 0.339 e. The maximum absolute atomic E-state index is 12.3. The third-order valence-corrected chi connectivity index (χ3v) is 5.10. The molecule has 1 aliphatic heterocycles. The van der Waals surface area contributed by atoms with E-state index in [1.165, 1.54) is 18.2 Å². The Hall–Kier alpha value is -1.70. The molecular weight excluding hydrogens is 302 g/mol. The molecule has 2 rings (SSSR count). The van der Waals surface area contributed by atoms with Crippen LogP contribution in [0.4, 0.5) is 0 Å². The van der Waals surface area contributed by atoms with Gasteiger partial charge in [-0.25, -0.2) is 13.1 Å². The van der Waals surface area contributed by atoms with E-state index in [2.05, 4.69) is 11.3 Å². The first-order valence-electron chi connectivity index (χ1n) is 7.19. The summed E-state index contributed by atoms with van der Waals surface area (Å²) in [6.07, 6.45) is 3.06. The van der Waals surface area contributed by atoms with Gasteiger partial charge in [0.05, 0.1) is 4.90 Å². The molecule has 1 heterocycles. The van der Waals surface area contributed by atoms with Gasteiger partial charge in [-0.1, -0.05) is 6.08 Å². The van der Waals surface area contributed by atoms with E-state index in [0.717, 1.165) is 12.8 Å². The molecule has 3 N–H and O–H groups in total. The number of carbonyl (C=O) groups excluding carboxylic acids is 1. The average molecular weight is 323 g/mol. The van der Waals surface area contributed by atoms with E-state index < -0.39 is 10.0 Å². The molecule has 0 saturated carbocycles. The SMILES string of the molecule is C=CCNS(=O)(=O)c1ccc(C(=O)N2CCC(N)CC2)cc1. The van der Waals surface area contributed by atoms with E-state index in [-0.39, 0.29) is 23.4 Å². The van der Waals surface area contributed by atoms with Crippen molar-refractivity contribution in [3.05, 3.63) is 42.5 Å². The van der Waals surface area contributed by atoms with Crippen LogP contribution in [0.15, 0.2) is 41.8 Å². The van der Waals surface area contributed by atoms with Gasteiger partial charge in [0.25, 0.3) is 5.91 Å². The van der Waals surface area contributed by atoms with Crippen molar-refractivity contribution in [1.82, 2.24) is 9.62 Å². The number of hydrogen-bond acceptors (Lipinski definition) is 4. The third-order valence-electron chi connectivity index (χ3n) is 3.66. The minimum atomic E-state index is -3.56. The van der Waals surface area contributed by atoms with Gasteiger partial charge in [0.15, 0.2) is 0 Å². The molecule has 0 aliphatic carbocycles. The second-order valence-electron chi connectivity index (χ2n) is 5.29. The highest BCUT2D eigenvalue weighted by Gasteiger charge is 2.22. The number of rotatable bonds is 5. The van der Waals surface area contributed by atoms with Crippen molar-refractivity contribution in [2.75, 3.05) is 19.6 Å². The summed E-state index contributed by atoms with van der Waals surface area (Å²) in [5, 5.41) is 0. The third kappa shape index (κ3) is 3.94. The van der Waals surface area contributed by atoms with Crippen molar-refractivity contribution in [3.8, 4) is 0 Å². The van der Waals surface area contributed by atoms with Gasteiger partial charge in [0.2, 0.25) is 10.0 Å². The molecule has 22 heavy (non-hydrogen) atoms. The van der Waals surface area contributed by atoms with Crippen LogP contribution >= 0.6 is 0 Å². The molecule has 0 spiro atoms. The molecule has 1 aliphatic rings. The second-order valence-corrected chi connectivity index (χ2v) is 7.06. The first kappa shape index (κ1) is 16.7. The molecule has 1 aromatic carbocycles. The number of nitrogens with two attached hydrogens (primary N) is 1. The number of likely N-dealkylation sites (tertiary alicyclic amines) is 1. The predicted octanol–water partition coefficient (Wildman–Crippen LogP) is 0.714. The molecule has 0 atom stereocenters. The van der Waals surface area contributed by atoms with Crippen LogP contribution in [-0.2, 0) is 10.0 Å². The van der Waals surface area contributed by atoms with Crippen LogP contribution in [0.1, 0.15) is 23.2 Å². The Bertz CT molecular complexity index is 633. The smallest absolute Gasteiger partial charge is 0.253 e. The first-order valence-corrected chi connectivity index (χ1v) is 8.68. The lowest BCUT2D eigenvalue weighted by molar-refractivity contribution is 0.0714. The summed E-state index contributed by atoms with van der Waals surface area (Å²) in [5.41, 5.74) is 6.31. The minimum absolute atomic E-state index is 0.0881. The predicted molar refractivity (Wildman–Crippen MR) is 84.9 cm³/mol. The summed E-state index contributed by atoms with van der Waals surface area (Å²) in [6, 6.07) is 6.12. The molecule has 0 radical (unpaired) electrons. The molecule has 7 heteroatoms. The van der Waals surface area contributed by atoms with Crippen molar-refractivity contribution >= 4 is 15.9 Å². The van der Waals surface area contributed by atoms with Crippen LogP contribution in [0.3, 0.4) is 0 Å². The van der Waals surface area contributed by atoms with E-state index in [9.17, 15) is 13.2 Å². The highest BCUT2D eigenvalue weighted by molar-refractivity contribution is 7.89. The summed E-state index contributed by atoms with van der Waals surface area (Å²) in [7, 11) is -3.56. The number of carbonyl (C=O) groups is 1. The van der Waals surface area contributed by atoms with Gasteiger partial charge >= 0.3 is 0 Å². The Morgan fingerprint density at radius 2 is 1.91 bits per heavy atom. The summed E-state index contributed by atoms with van der Waals surface area (Å²) in [6.45, 7) is 4.91. The number of sulfonamides is 1. The zero-order valence-electron chi connectivity index (χ0n) is 12.4. The van der Waals surface area contributed by atoms with Crippen molar-refractivity contribution in [3.63, 3.8) is 0 Å². The van der Waals surface area contributed by atoms with Gasteiger partial charge in [-0.2, -0.15) is 0 Å². The molecule has 6 nitrogen and oxygen atoms in total. The van der Waals surface area contributed by atoms with E-state index >= 15 is 0 Å². The molecule has 0 aromatic heterocycles. The van der Waals surface area contributed by atoms with E-state index in [1.807, 2.05) is 0 Å². The Morgan fingerprint density at radius 1 is 1.32 bits per heavy atom. The zero-order valence-corrected chi connectivity index (χ0v) is 13.2. The van der Waals surface area contributed by atoms with E-state index in [0.29, 0.717) is 18.7 Å². The highest BCUT2D eigenvalue weighted by Crippen LogP contribution is 2.15. The summed E-state index contributed by atoms with van der Waals surface area (Å²) < 4.78 is 26.3. The Morgan fingerprint density at radius 3 is 2.45 bits per heavy atom. The molecule has 1 aromatic rings. The average Bonchev–Trinajstić information content (AvgIpc) is 2.53. The quantitative estimate of drug-likeness (QED) is 0.781. The number of amides is 1. The maximum atomic E-state index is 12.3. The van der Waals surface area contributed by atoms with Gasteiger partial charge in [0.1, 0.15) is 0 Å². The van der Waals surface area contributed by atoms with Gasteiger partial charge < -0.3 is 10.6 Å². The Labute approximate surface area is 131 Å². The fourth-order valence-corrected chi connectivity index (χ4v) is 3.31. The van der Waals surface area contributed by atoms with Crippen LogP contribution in [-0.4, -0.2) is 44.9 Å². The monoisotopic (exact) mass is 323 g/mol. The van der Waals surface area contributed by atoms with E-state index in [4.69, 9.17) is 5.73 Å². The van der Waals surface area contributed by atoms with Crippen LogP contribution in [0.25, 0.3) is 0 Å². The number of nitrogens with zero attached hydrogens (tertiary/aromatic N) is 1. The fraction of sp³-hybridized carbons (Fsp3) is 0.400. The van der Waals surface area contributed by atoms with Crippen LogP contribution in [0, 0.1) is 0 Å². The summed E-state index contributed by atoms with van der Waals surface area (Å²) >= 11 is 0. The van der Waals surface area contributed by atoms with Crippen molar-refractivity contribution in [2.45, 2.75) is 23.8 Å². The molecular formula is C15H21N3O3S. The summed E-state index contributed by atoms with van der Waals surface area (Å²) in [4.78, 5) is 14.2. The van der Waals surface area contributed by atoms with Crippen LogP contribution in [0.2, 0.25) is 0 Å². The van der Waals surface area contributed by atoms with Crippen molar-refractivity contribution in [2.24, 2.45) is 5.73 Å². The van der Waals surface area contributed by atoms with Crippen LogP contribution < -0.4 is 10.5 Å². The lowest BCUT2D eigenvalue weighted by atomic mass is 10.1. The minimum Gasteiger partial charge on any atom is -0.339 e. The molecule has 120 valence electrons. The highest BCUT2D eigenvalue weighted by atomic mass is 32.2. The van der Waals surface area contributed by atoms with Crippen molar-refractivity contribution in [1.29, 1.82) is 0 Å². The number of benzene rings is 1. The maximum Gasteiger partial charge on any atom is 0.253 e. The first-order chi connectivity index (χ1) is 10.4. The molecule has 1 fully saturated rings. The standard InChI is InChI=1S/C15H21N3O3S/c1-2-9-17-22(20,21)14-5-3-12(4-6-14)15(19)18-10-7-13(16)8-11-18/h2-6,13,17H,1,7-11,16H2. The van der Waals surface area contributed by atoms with Gasteiger partial charge in [0, 0.05) is 31.2 Å².